The highest BCUT2D eigenvalue weighted by Gasteiger charge is 2.17. The topological polar surface area (TPSA) is 84.1 Å². The molecule has 0 bridgehead atoms. The molecule has 1 heterocycles. The summed E-state index contributed by atoms with van der Waals surface area (Å²) in [7, 11) is -3.67. The number of ether oxygens (including phenoxy) is 1. The minimum Gasteiger partial charge on any atom is -0.492 e. The van der Waals surface area contributed by atoms with Crippen LogP contribution in [0.1, 0.15) is 12.5 Å². The van der Waals surface area contributed by atoms with Crippen molar-refractivity contribution in [2.45, 2.75) is 18.9 Å². The molecule has 0 aliphatic rings. The lowest BCUT2D eigenvalue weighted by Gasteiger charge is -2.12. The van der Waals surface area contributed by atoms with Crippen LogP contribution < -0.4 is 9.46 Å². The van der Waals surface area contributed by atoms with Gasteiger partial charge >= 0.3 is 0 Å². The second kappa shape index (κ2) is 5.31. The molecular formula is C12H15N3O3S. The molecule has 0 amide bonds. The van der Waals surface area contributed by atoms with Gasteiger partial charge in [-0.05, 0) is 37.6 Å². The monoisotopic (exact) mass is 281 g/mol. The molecule has 0 radical (unpaired) electrons. The molecule has 0 fully saturated rings. The van der Waals surface area contributed by atoms with Crippen molar-refractivity contribution >= 4 is 15.7 Å². The van der Waals surface area contributed by atoms with Crippen LogP contribution in [-0.2, 0) is 10.0 Å². The molecule has 0 unspecified atom stereocenters. The number of benzene rings is 1. The van der Waals surface area contributed by atoms with Gasteiger partial charge in [0.05, 0.1) is 18.5 Å². The molecule has 0 atom stereocenters. The van der Waals surface area contributed by atoms with E-state index < -0.39 is 10.0 Å². The fourth-order valence-corrected chi connectivity index (χ4v) is 2.56. The van der Waals surface area contributed by atoms with Crippen LogP contribution in [-0.4, -0.2) is 25.2 Å². The zero-order valence-electron chi connectivity index (χ0n) is 10.7. The summed E-state index contributed by atoms with van der Waals surface area (Å²) in [4.78, 5) is 0. The Kier molecular flexibility index (Phi) is 3.75. The number of H-pyrrole nitrogens is 1. The van der Waals surface area contributed by atoms with Crippen molar-refractivity contribution in [3.63, 3.8) is 0 Å². The number of anilines is 1. The number of nitrogens with one attached hydrogen (secondary N) is 2. The standard InChI is InChI=1S/C12H15N3O3S/c1-3-18-11-8-9(2)4-5-10(11)15-19(16,17)12-6-7-13-14-12/h4-8,15H,3H2,1-2H3,(H,13,14). The third-order valence-corrected chi connectivity index (χ3v) is 3.74. The van der Waals surface area contributed by atoms with E-state index in [9.17, 15) is 8.42 Å². The van der Waals surface area contributed by atoms with E-state index in [4.69, 9.17) is 4.74 Å². The highest BCUT2D eigenvalue weighted by molar-refractivity contribution is 7.92. The summed E-state index contributed by atoms with van der Waals surface area (Å²) in [5.41, 5.74) is 1.40. The summed E-state index contributed by atoms with van der Waals surface area (Å²) >= 11 is 0. The lowest BCUT2D eigenvalue weighted by Crippen LogP contribution is -2.14. The number of aromatic nitrogens is 2. The largest absolute Gasteiger partial charge is 0.492 e. The molecule has 2 N–H and O–H groups in total. The van der Waals surface area contributed by atoms with Gasteiger partial charge in [-0.1, -0.05) is 6.07 Å². The number of nitrogens with zero attached hydrogens (tertiary/aromatic N) is 1. The molecule has 0 aliphatic heterocycles. The Labute approximate surface area is 111 Å². The molecule has 1 aromatic heterocycles. The van der Waals surface area contributed by atoms with Crippen LogP contribution in [0.3, 0.4) is 0 Å². The van der Waals surface area contributed by atoms with Crippen molar-refractivity contribution in [2.75, 3.05) is 11.3 Å². The number of sulfonamides is 1. The maximum atomic E-state index is 12.1. The second-order valence-corrected chi connectivity index (χ2v) is 5.61. The average molecular weight is 281 g/mol. The first-order valence-corrected chi connectivity index (χ1v) is 7.27. The van der Waals surface area contributed by atoms with Gasteiger partial charge in [-0.15, -0.1) is 0 Å². The maximum absolute atomic E-state index is 12.1. The molecule has 0 saturated heterocycles. The third-order valence-electron chi connectivity index (χ3n) is 2.45. The third kappa shape index (κ3) is 3.05. The van der Waals surface area contributed by atoms with Crippen LogP contribution in [0.2, 0.25) is 0 Å². The van der Waals surface area contributed by atoms with Gasteiger partial charge in [0.15, 0.2) is 5.03 Å². The van der Waals surface area contributed by atoms with Gasteiger partial charge in [0, 0.05) is 0 Å². The van der Waals surface area contributed by atoms with Crippen LogP contribution in [0.5, 0.6) is 5.75 Å². The first-order valence-electron chi connectivity index (χ1n) is 5.78. The van der Waals surface area contributed by atoms with Crippen LogP contribution in [0.15, 0.2) is 35.5 Å². The van der Waals surface area contributed by atoms with Crippen LogP contribution in [0, 0.1) is 6.92 Å². The fraction of sp³-hybridized carbons (Fsp3) is 0.250. The Morgan fingerprint density at radius 1 is 1.37 bits per heavy atom. The summed E-state index contributed by atoms with van der Waals surface area (Å²) in [5.74, 6) is 0.505. The van der Waals surface area contributed by atoms with Crippen LogP contribution in [0.25, 0.3) is 0 Å². The van der Waals surface area contributed by atoms with E-state index in [-0.39, 0.29) is 5.03 Å². The van der Waals surface area contributed by atoms with Crippen molar-refractivity contribution in [1.29, 1.82) is 0 Å². The number of rotatable bonds is 5. The van der Waals surface area contributed by atoms with Crippen molar-refractivity contribution in [1.82, 2.24) is 10.2 Å². The maximum Gasteiger partial charge on any atom is 0.278 e. The molecule has 2 aromatic rings. The second-order valence-electron chi connectivity index (χ2n) is 3.96. The predicted octanol–water partition coefficient (Wildman–Crippen LogP) is 1.92. The quantitative estimate of drug-likeness (QED) is 0.877. The Balaban J connectivity index is 2.33. The minimum absolute atomic E-state index is 0.00974. The first-order chi connectivity index (χ1) is 9.03. The SMILES string of the molecule is CCOc1cc(C)ccc1NS(=O)(=O)c1ccn[nH]1. The number of hydrogen-bond donors (Lipinski definition) is 2. The molecule has 7 heteroatoms. The zero-order valence-corrected chi connectivity index (χ0v) is 11.5. The summed E-state index contributed by atoms with van der Waals surface area (Å²) in [6, 6.07) is 6.66. The van der Waals surface area contributed by atoms with Gasteiger partial charge in [-0.3, -0.25) is 9.82 Å². The Morgan fingerprint density at radius 3 is 2.79 bits per heavy atom. The van der Waals surface area contributed by atoms with Crippen molar-refractivity contribution in [3.8, 4) is 5.75 Å². The van der Waals surface area contributed by atoms with E-state index in [2.05, 4.69) is 14.9 Å². The van der Waals surface area contributed by atoms with E-state index in [0.717, 1.165) is 5.56 Å². The first kappa shape index (κ1) is 13.4. The van der Waals surface area contributed by atoms with Gasteiger partial charge in [0.1, 0.15) is 5.75 Å². The highest BCUT2D eigenvalue weighted by atomic mass is 32.2. The Hall–Kier alpha value is -2.02. The van der Waals surface area contributed by atoms with E-state index in [1.54, 1.807) is 12.1 Å². The molecule has 102 valence electrons. The predicted molar refractivity (Wildman–Crippen MR) is 71.7 cm³/mol. The molecule has 19 heavy (non-hydrogen) atoms. The van der Waals surface area contributed by atoms with E-state index in [1.807, 2.05) is 19.9 Å². The van der Waals surface area contributed by atoms with Gasteiger partial charge in [0.2, 0.25) is 0 Å². The number of aryl methyl sites for hydroxylation is 1. The summed E-state index contributed by atoms with van der Waals surface area (Å²) < 4.78 is 32.0. The van der Waals surface area contributed by atoms with Gasteiger partial charge in [0.25, 0.3) is 10.0 Å². The van der Waals surface area contributed by atoms with Gasteiger partial charge < -0.3 is 4.74 Å². The van der Waals surface area contributed by atoms with E-state index in [1.165, 1.54) is 12.3 Å². The van der Waals surface area contributed by atoms with Gasteiger partial charge in [-0.25, -0.2) is 0 Å². The van der Waals surface area contributed by atoms with Gasteiger partial charge in [-0.2, -0.15) is 13.5 Å². The smallest absolute Gasteiger partial charge is 0.278 e. The fourth-order valence-electron chi connectivity index (χ4n) is 1.58. The van der Waals surface area contributed by atoms with E-state index in [0.29, 0.717) is 18.0 Å². The summed E-state index contributed by atoms with van der Waals surface area (Å²) in [5, 5.41) is 6.06. The zero-order chi connectivity index (χ0) is 13.9. The summed E-state index contributed by atoms with van der Waals surface area (Å²) in [6.45, 7) is 4.22. The highest BCUT2D eigenvalue weighted by Crippen LogP contribution is 2.27. The molecular weight excluding hydrogens is 266 g/mol. The summed E-state index contributed by atoms with van der Waals surface area (Å²) in [6.07, 6.45) is 1.38. The molecule has 2 rings (SSSR count). The normalized spacial score (nSPS) is 11.3. The minimum atomic E-state index is -3.67. The molecule has 0 spiro atoms. The molecule has 1 aromatic carbocycles. The average Bonchev–Trinajstić information content (AvgIpc) is 2.87. The number of aromatic amines is 1. The molecule has 0 aliphatic carbocycles. The molecule has 6 nitrogen and oxygen atoms in total. The van der Waals surface area contributed by atoms with Crippen LogP contribution >= 0.6 is 0 Å². The lowest BCUT2D eigenvalue weighted by atomic mass is 10.2. The number of hydrogen-bond acceptors (Lipinski definition) is 4. The lowest BCUT2D eigenvalue weighted by molar-refractivity contribution is 0.342. The van der Waals surface area contributed by atoms with Crippen molar-refractivity contribution in [3.05, 3.63) is 36.0 Å². The van der Waals surface area contributed by atoms with E-state index >= 15 is 0 Å². The Bertz CT molecular complexity index is 651. The van der Waals surface area contributed by atoms with Crippen molar-refractivity contribution < 1.29 is 13.2 Å². The van der Waals surface area contributed by atoms with Crippen molar-refractivity contribution in [2.24, 2.45) is 0 Å². The molecule has 0 saturated carbocycles. The van der Waals surface area contributed by atoms with Crippen LogP contribution in [0.4, 0.5) is 5.69 Å². The Morgan fingerprint density at radius 2 is 2.16 bits per heavy atom.